The Balaban J connectivity index is 2.24. The Kier molecular flexibility index (Phi) is 3.48. The molecule has 2 aromatic carbocycles. The number of nitrogens with zero attached hydrogens (tertiary/aromatic N) is 1. The number of anilines is 2. The summed E-state index contributed by atoms with van der Waals surface area (Å²) in [7, 11) is 2.07. The molecule has 0 radical (unpaired) electrons. The molecule has 0 N–H and O–H groups in total. The summed E-state index contributed by atoms with van der Waals surface area (Å²) in [5.41, 5.74) is 4.75. The molecule has 1 nitrogen and oxygen atoms in total. The van der Waals surface area contributed by atoms with Crippen molar-refractivity contribution in [3.8, 4) is 0 Å². The molecule has 1 aliphatic heterocycles. The fourth-order valence-corrected chi connectivity index (χ4v) is 6.91. The van der Waals surface area contributed by atoms with E-state index in [4.69, 9.17) is 23.2 Å². The standard InChI is InChI=1S/C15H13Cl2NTe/c1-8-4-5-10-11(6-8)19-12-7-9(2)13(16)14(17)15(12)18(10)3/h4-7H,1-3H3. The molecule has 1 heterocycles. The van der Waals surface area contributed by atoms with Gasteiger partial charge in [0, 0.05) is 0 Å². The molecule has 0 unspecified atom stereocenters. The molecule has 0 amide bonds. The Hall–Kier alpha value is -0.390. The van der Waals surface area contributed by atoms with E-state index in [1.54, 1.807) is 0 Å². The molecule has 3 rings (SSSR count). The summed E-state index contributed by atoms with van der Waals surface area (Å²) >= 11 is 12.3. The maximum absolute atomic E-state index is 6.46. The monoisotopic (exact) mass is 407 g/mol. The van der Waals surface area contributed by atoms with Crippen molar-refractivity contribution < 1.29 is 0 Å². The predicted molar refractivity (Wildman–Crippen MR) is 85.5 cm³/mol. The zero-order valence-electron chi connectivity index (χ0n) is 10.9. The number of hydrogen-bond acceptors (Lipinski definition) is 1. The molecule has 19 heavy (non-hydrogen) atoms. The van der Waals surface area contributed by atoms with Crippen molar-refractivity contribution in [2.45, 2.75) is 13.8 Å². The van der Waals surface area contributed by atoms with Crippen molar-refractivity contribution in [3.63, 3.8) is 0 Å². The van der Waals surface area contributed by atoms with Crippen LogP contribution in [-0.4, -0.2) is 28.0 Å². The van der Waals surface area contributed by atoms with E-state index in [0.29, 0.717) is 10.0 Å². The molecule has 4 heteroatoms. The van der Waals surface area contributed by atoms with Gasteiger partial charge in [0.15, 0.2) is 0 Å². The topological polar surface area (TPSA) is 3.24 Å². The average Bonchev–Trinajstić information content (AvgIpc) is 2.35. The first-order chi connectivity index (χ1) is 8.99. The molecule has 0 saturated heterocycles. The van der Waals surface area contributed by atoms with Crippen molar-refractivity contribution in [1.82, 2.24) is 0 Å². The van der Waals surface area contributed by atoms with Gasteiger partial charge in [0.1, 0.15) is 0 Å². The van der Waals surface area contributed by atoms with Crippen LogP contribution in [0.25, 0.3) is 0 Å². The Morgan fingerprint density at radius 3 is 2.47 bits per heavy atom. The van der Waals surface area contributed by atoms with Gasteiger partial charge >= 0.3 is 134 Å². The molecule has 0 bridgehead atoms. The summed E-state index contributed by atoms with van der Waals surface area (Å²) in [6, 6.07) is 8.84. The Labute approximate surface area is 133 Å². The Morgan fingerprint density at radius 1 is 1.00 bits per heavy atom. The Morgan fingerprint density at radius 2 is 1.74 bits per heavy atom. The van der Waals surface area contributed by atoms with E-state index in [9.17, 15) is 0 Å². The number of rotatable bonds is 0. The van der Waals surface area contributed by atoms with E-state index in [0.717, 1.165) is 11.3 Å². The number of benzene rings is 2. The molecule has 0 atom stereocenters. The van der Waals surface area contributed by atoms with E-state index >= 15 is 0 Å². The third-order valence-corrected chi connectivity index (χ3v) is 7.39. The van der Waals surface area contributed by atoms with Crippen molar-refractivity contribution in [2.75, 3.05) is 11.9 Å². The second kappa shape index (κ2) is 4.86. The van der Waals surface area contributed by atoms with Crippen LogP contribution in [-0.2, 0) is 0 Å². The van der Waals surface area contributed by atoms with Crippen LogP contribution < -0.4 is 12.1 Å². The minimum atomic E-state index is -0.402. The molecule has 98 valence electrons. The predicted octanol–water partition coefficient (Wildman–Crippen LogP) is 3.35. The van der Waals surface area contributed by atoms with Crippen LogP contribution in [0.15, 0.2) is 24.3 Å². The van der Waals surface area contributed by atoms with Crippen molar-refractivity contribution >= 4 is 62.7 Å². The quantitative estimate of drug-likeness (QED) is 0.608. The van der Waals surface area contributed by atoms with Crippen LogP contribution in [0.3, 0.4) is 0 Å². The van der Waals surface area contributed by atoms with E-state index in [1.165, 1.54) is 18.5 Å². The van der Waals surface area contributed by atoms with Gasteiger partial charge < -0.3 is 0 Å². The van der Waals surface area contributed by atoms with Crippen LogP contribution in [0.5, 0.6) is 0 Å². The van der Waals surface area contributed by atoms with Gasteiger partial charge in [-0.05, 0) is 0 Å². The fourth-order valence-electron chi connectivity index (χ4n) is 2.32. The summed E-state index contributed by atoms with van der Waals surface area (Å²) < 4.78 is 2.84. The summed E-state index contributed by atoms with van der Waals surface area (Å²) in [4.78, 5) is 2.17. The maximum atomic E-state index is 6.46. The molecule has 0 spiro atoms. The molecular weight excluding hydrogens is 393 g/mol. The summed E-state index contributed by atoms with van der Waals surface area (Å²) in [5.74, 6) is 0. The first-order valence-corrected chi connectivity index (χ1v) is 9.08. The van der Waals surface area contributed by atoms with E-state index in [-0.39, 0.29) is 0 Å². The van der Waals surface area contributed by atoms with Gasteiger partial charge in [0.05, 0.1) is 0 Å². The zero-order valence-corrected chi connectivity index (χ0v) is 14.8. The van der Waals surface area contributed by atoms with Crippen LogP contribution in [0.2, 0.25) is 10.0 Å². The van der Waals surface area contributed by atoms with E-state index in [1.807, 2.05) is 6.92 Å². The average molecular weight is 406 g/mol. The van der Waals surface area contributed by atoms with Gasteiger partial charge in [0.25, 0.3) is 0 Å². The summed E-state index contributed by atoms with van der Waals surface area (Å²) in [6.45, 7) is 4.16. The summed E-state index contributed by atoms with van der Waals surface area (Å²) in [6.07, 6.45) is 0. The number of aryl methyl sites for hydroxylation is 2. The third-order valence-electron chi connectivity index (χ3n) is 3.36. The van der Waals surface area contributed by atoms with Gasteiger partial charge in [-0.15, -0.1) is 0 Å². The number of fused-ring (bicyclic) bond motifs is 2. The van der Waals surface area contributed by atoms with E-state index < -0.39 is 20.9 Å². The first kappa shape index (κ1) is 13.6. The fraction of sp³-hybridized carbons (Fsp3) is 0.200. The molecule has 0 fully saturated rings. The van der Waals surface area contributed by atoms with Gasteiger partial charge in [-0.1, -0.05) is 0 Å². The van der Waals surface area contributed by atoms with E-state index in [2.05, 4.69) is 43.1 Å². The van der Waals surface area contributed by atoms with Crippen LogP contribution in [0.1, 0.15) is 11.1 Å². The normalized spacial score (nSPS) is 13.2. The second-order valence-electron chi connectivity index (χ2n) is 4.80. The van der Waals surface area contributed by atoms with Crippen molar-refractivity contribution in [1.29, 1.82) is 0 Å². The van der Waals surface area contributed by atoms with Gasteiger partial charge in [0.2, 0.25) is 0 Å². The number of hydrogen-bond donors (Lipinski definition) is 0. The second-order valence-corrected chi connectivity index (χ2v) is 8.65. The van der Waals surface area contributed by atoms with Gasteiger partial charge in [-0.3, -0.25) is 0 Å². The van der Waals surface area contributed by atoms with Crippen LogP contribution in [0, 0.1) is 13.8 Å². The molecule has 0 aliphatic carbocycles. The first-order valence-electron chi connectivity index (χ1n) is 6.00. The molecule has 0 aromatic heterocycles. The van der Waals surface area contributed by atoms with Crippen molar-refractivity contribution in [2.24, 2.45) is 0 Å². The van der Waals surface area contributed by atoms with Gasteiger partial charge in [-0.2, -0.15) is 0 Å². The minimum absolute atomic E-state index is 0.402. The zero-order chi connectivity index (χ0) is 13.7. The molecular formula is C15H13Cl2NTe. The SMILES string of the molecule is Cc1ccc2c(c1)[Te]c1cc(C)c(Cl)c(Cl)c1N2C. The molecule has 1 aliphatic rings. The van der Waals surface area contributed by atoms with Crippen molar-refractivity contribution in [3.05, 3.63) is 45.4 Å². The van der Waals surface area contributed by atoms with Gasteiger partial charge in [-0.25, -0.2) is 0 Å². The Bertz CT molecular complexity index is 682. The summed E-state index contributed by atoms with van der Waals surface area (Å²) in [5, 5.41) is 1.37. The molecule has 0 saturated carbocycles. The molecule has 2 aromatic rings. The number of halogens is 2. The van der Waals surface area contributed by atoms with Crippen LogP contribution in [0.4, 0.5) is 11.4 Å². The van der Waals surface area contributed by atoms with Crippen LogP contribution >= 0.6 is 23.2 Å². The third kappa shape index (κ3) is 2.16.